The first-order chi connectivity index (χ1) is 9.47. The fourth-order valence-corrected chi connectivity index (χ4v) is 2.69. The third kappa shape index (κ3) is 3.57. The molecule has 0 radical (unpaired) electrons. The Hall–Kier alpha value is -1.42. The van der Waals surface area contributed by atoms with Gasteiger partial charge in [0.25, 0.3) is 0 Å². The number of likely N-dealkylation sites (tertiary alicyclic amines) is 1. The minimum absolute atomic E-state index is 0.124. The number of nitrogens with one attached hydrogen (secondary N) is 1. The zero-order valence-electron chi connectivity index (χ0n) is 12.4. The van der Waals surface area contributed by atoms with Gasteiger partial charge in [0.1, 0.15) is 5.82 Å². The number of amides is 1. The highest BCUT2D eigenvalue weighted by Gasteiger charge is 2.22. The molecule has 4 heteroatoms. The minimum Gasteiger partial charge on any atom is -0.343 e. The van der Waals surface area contributed by atoms with Crippen LogP contribution in [0, 0.1) is 12.7 Å². The molecule has 1 aliphatic heterocycles. The van der Waals surface area contributed by atoms with Crippen molar-refractivity contribution >= 4 is 5.91 Å². The van der Waals surface area contributed by atoms with Gasteiger partial charge in [-0.05, 0) is 43.9 Å². The second-order valence-corrected chi connectivity index (χ2v) is 5.68. The molecule has 1 fully saturated rings. The van der Waals surface area contributed by atoms with Crippen LogP contribution in [0.3, 0.4) is 0 Å². The molecule has 1 saturated heterocycles. The van der Waals surface area contributed by atoms with Crippen molar-refractivity contribution < 1.29 is 9.18 Å². The van der Waals surface area contributed by atoms with Crippen molar-refractivity contribution in [3.05, 3.63) is 35.1 Å². The Bertz CT molecular complexity index is 481. The van der Waals surface area contributed by atoms with E-state index < -0.39 is 0 Å². The summed E-state index contributed by atoms with van der Waals surface area (Å²) in [6, 6.07) is 5.92. The summed E-state index contributed by atoms with van der Waals surface area (Å²) >= 11 is 0. The fourth-order valence-electron chi connectivity index (χ4n) is 2.69. The van der Waals surface area contributed by atoms with Crippen LogP contribution in [-0.2, 0) is 4.79 Å². The van der Waals surface area contributed by atoms with Gasteiger partial charge in [0.05, 0.1) is 0 Å². The van der Waals surface area contributed by atoms with Gasteiger partial charge in [0, 0.05) is 32.1 Å². The molecule has 1 aliphatic rings. The van der Waals surface area contributed by atoms with Gasteiger partial charge in [-0.15, -0.1) is 0 Å². The molecule has 0 bridgehead atoms. The van der Waals surface area contributed by atoms with Crippen LogP contribution in [0.15, 0.2) is 18.2 Å². The summed E-state index contributed by atoms with van der Waals surface area (Å²) in [6.45, 7) is 7.06. The monoisotopic (exact) mass is 278 g/mol. The quantitative estimate of drug-likeness (QED) is 0.922. The van der Waals surface area contributed by atoms with E-state index in [-0.39, 0.29) is 17.8 Å². The summed E-state index contributed by atoms with van der Waals surface area (Å²) in [5.41, 5.74) is 1.65. The summed E-state index contributed by atoms with van der Waals surface area (Å²) in [5.74, 6) is -0.000321. The van der Waals surface area contributed by atoms with E-state index in [0.717, 1.165) is 31.5 Å². The van der Waals surface area contributed by atoms with Crippen molar-refractivity contribution in [3.63, 3.8) is 0 Å². The number of carbonyl (C=O) groups is 1. The molecule has 1 atom stereocenters. The van der Waals surface area contributed by atoms with E-state index >= 15 is 0 Å². The van der Waals surface area contributed by atoms with E-state index in [1.807, 2.05) is 17.0 Å². The third-order valence-electron chi connectivity index (χ3n) is 4.12. The zero-order chi connectivity index (χ0) is 14.7. The van der Waals surface area contributed by atoms with Crippen LogP contribution in [0.4, 0.5) is 4.39 Å². The van der Waals surface area contributed by atoms with Gasteiger partial charge in [-0.2, -0.15) is 0 Å². The number of aryl methyl sites for hydroxylation is 1. The van der Waals surface area contributed by atoms with Crippen LogP contribution in [-0.4, -0.2) is 29.9 Å². The summed E-state index contributed by atoms with van der Waals surface area (Å²) in [5, 5.41) is 3.54. The average molecular weight is 278 g/mol. The maximum Gasteiger partial charge on any atom is 0.219 e. The second-order valence-electron chi connectivity index (χ2n) is 5.68. The van der Waals surface area contributed by atoms with Crippen molar-refractivity contribution in [2.24, 2.45) is 0 Å². The highest BCUT2D eigenvalue weighted by atomic mass is 19.1. The van der Waals surface area contributed by atoms with Crippen LogP contribution in [0.2, 0.25) is 0 Å². The van der Waals surface area contributed by atoms with Gasteiger partial charge in [0.2, 0.25) is 5.91 Å². The second kappa shape index (κ2) is 6.35. The highest BCUT2D eigenvalue weighted by Crippen LogP contribution is 2.19. The molecule has 20 heavy (non-hydrogen) atoms. The van der Waals surface area contributed by atoms with Crippen LogP contribution in [0.5, 0.6) is 0 Å². The van der Waals surface area contributed by atoms with Crippen LogP contribution in [0.1, 0.15) is 43.9 Å². The number of nitrogens with zero attached hydrogens (tertiary/aromatic N) is 1. The molecule has 1 N–H and O–H groups in total. The first-order valence-corrected chi connectivity index (χ1v) is 7.25. The predicted octanol–water partition coefficient (Wildman–Crippen LogP) is 2.80. The Morgan fingerprint density at radius 2 is 2.05 bits per heavy atom. The topological polar surface area (TPSA) is 32.3 Å². The lowest BCUT2D eigenvalue weighted by molar-refractivity contribution is -0.129. The molecule has 1 aromatic carbocycles. The molecular formula is C16H23FN2O. The predicted molar refractivity (Wildman–Crippen MR) is 78.0 cm³/mol. The molecule has 0 aliphatic carbocycles. The lowest BCUT2D eigenvalue weighted by Crippen LogP contribution is -2.44. The molecule has 110 valence electrons. The maximum absolute atomic E-state index is 13.6. The molecule has 1 heterocycles. The Morgan fingerprint density at radius 1 is 1.40 bits per heavy atom. The molecular weight excluding hydrogens is 255 g/mol. The number of rotatable bonds is 3. The Balaban J connectivity index is 1.90. The summed E-state index contributed by atoms with van der Waals surface area (Å²) in [6.07, 6.45) is 1.91. The molecule has 0 aromatic heterocycles. The van der Waals surface area contributed by atoms with Crippen LogP contribution in [0.25, 0.3) is 0 Å². The molecule has 2 rings (SSSR count). The molecule has 0 saturated carbocycles. The van der Waals surface area contributed by atoms with E-state index in [1.54, 1.807) is 19.9 Å². The largest absolute Gasteiger partial charge is 0.343 e. The Kier molecular flexibility index (Phi) is 4.76. The average Bonchev–Trinajstić information content (AvgIpc) is 2.42. The third-order valence-corrected chi connectivity index (χ3v) is 4.12. The van der Waals surface area contributed by atoms with Gasteiger partial charge in [-0.3, -0.25) is 4.79 Å². The van der Waals surface area contributed by atoms with Gasteiger partial charge in [-0.25, -0.2) is 4.39 Å². The van der Waals surface area contributed by atoms with Gasteiger partial charge in [-0.1, -0.05) is 12.1 Å². The zero-order valence-corrected chi connectivity index (χ0v) is 12.4. The minimum atomic E-state index is -0.150. The van der Waals surface area contributed by atoms with Crippen molar-refractivity contribution in [3.8, 4) is 0 Å². The van der Waals surface area contributed by atoms with E-state index in [4.69, 9.17) is 0 Å². The van der Waals surface area contributed by atoms with E-state index in [1.165, 1.54) is 0 Å². The molecule has 1 aromatic rings. The molecule has 1 unspecified atom stereocenters. The lowest BCUT2D eigenvalue weighted by atomic mass is 10.0. The number of carbonyl (C=O) groups excluding carboxylic acids is 1. The smallest absolute Gasteiger partial charge is 0.219 e. The number of hydrogen-bond acceptors (Lipinski definition) is 2. The summed E-state index contributed by atoms with van der Waals surface area (Å²) in [4.78, 5) is 13.2. The van der Waals surface area contributed by atoms with E-state index in [9.17, 15) is 9.18 Å². The number of piperidine rings is 1. The normalized spacial score (nSPS) is 18.1. The number of halogens is 1. The number of benzene rings is 1. The van der Waals surface area contributed by atoms with Gasteiger partial charge < -0.3 is 10.2 Å². The summed E-state index contributed by atoms with van der Waals surface area (Å²) in [7, 11) is 0. The van der Waals surface area contributed by atoms with E-state index in [0.29, 0.717) is 11.6 Å². The molecule has 1 amide bonds. The van der Waals surface area contributed by atoms with Crippen LogP contribution >= 0.6 is 0 Å². The Morgan fingerprint density at radius 3 is 2.60 bits per heavy atom. The number of hydrogen-bond donors (Lipinski definition) is 1. The summed E-state index contributed by atoms with van der Waals surface area (Å²) < 4.78 is 13.6. The lowest BCUT2D eigenvalue weighted by Gasteiger charge is -2.33. The van der Waals surface area contributed by atoms with Crippen molar-refractivity contribution in [1.82, 2.24) is 10.2 Å². The van der Waals surface area contributed by atoms with Crippen molar-refractivity contribution in [2.75, 3.05) is 13.1 Å². The van der Waals surface area contributed by atoms with Crippen molar-refractivity contribution in [2.45, 2.75) is 45.7 Å². The maximum atomic E-state index is 13.6. The Labute approximate surface area is 120 Å². The molecule has 3 nitrogen and oxygen atoms in total. The SMILES string of the molecule is CC(=O)N1CCC(NC(C)c2ccc(C)c(F)c2)CC1. The van der Waals surface area contributed by atoms with Crippen molar-refractivity contribution in [1.29, 1.82) is 0 Å². The first kappa shape index (κ1) is 15.0. The first-order valence-electron chi connectivity index (χ1n) is 7.25. The standard InChI is InChI=1S/C16H23FN2O/c1-11-4-5-14(10-16(11)17)12(2)18-15-6-8-19(9-7-15)13(3)20/h4-5,10,12,15,18H,6-9H2,1-3H3. The fraction of sp³-hybridized carbons (Fsp3) is 0.562. The van der Waals surface area contributed by atoms with Crippen LogP contribution < -0.4 is 5.32 Å². The molecule has 0 spiro atoms. The highest BCUT2D eigenvalue weighted by molar-refractivity contribution is 5.73. The van der Waals surface area contributed by atoms with E-state index in [2.05, 4.69) is 12.2 Å². The van der Waals surface area contributed by atoms with Gasteiger partial charge in [0.15, 0.2) is 0 Å². The van der Waals surface area contributed by atoms with Gasteiger partial charge >= 0.3 is 0 Å².